The fourth-order valence-electron chi connectivity index (χ4n) is 5.05. The molecule has 0 bridgehead atoms. The highest BCUT2D eigenvalue weighted by molar-refractivity contribution is 7.07. The van der Waals surface area contributed by atoms with Gasteiger partial charge in [0.2, 0.25) is 0 Å². The number of anilines is 2. The maximum atomic E-state index is 14.1. The van der Waals surface area contributed by atoms with Crippen LogP contribution in [0.15, 0.2) is 58.8 Å². The predicted molar refractivity (Wildman–Crippen MR) is 120 cm³/mol. The Hall–Kier alpha value is -2.51. The quantitative estimate of drug-likeness (QED) is 0.505. The monoisotopic (exact) mass is 441 g/mol. The number of hydrogen-bond donors (Lipinski definition) is 0. The van der Waals surface area contributed by atoms with Crippen LogP contribution in [0.3, 0.4) is 0 Å². The van der Waals surface area contributed by atoms with Gasteiger partial charge in [0, 0.05) is 54.5 Å². The van der Waals surface area contributed by atoms with Gasteiger partial charge in [0.05, 0.1) is 0 Å². The fourth-order valence-corrected chi connectivity index (χ4v) is 5.66. The van der Waals surface area contributed by atoms with Crippen LogP contribution < -0.4 is 9.77 Å². The first kappa shape index (κ1) is 20.4. The Labute approximate surface area is 184 Å². The van der Waals surface area contributed by atoms with Gasteiger partial charge in [-0.3, -0.25) is 4.79 Å². The molecule has 3 heterocycles. The molecule has 0 spiro atoms. The molecule has 0 unspecified atom stereocenters. The van der Waals surface area contributed by atoms with Gasteiger partial charge >= 0.3 is 4.87 Å². The second-order valence-electron chi connectivity index (χ2n) is 8.38. The van der Waals surface area contributed by atoms with Gasteiger partial charge in [0.25, 0.3) is 0 Å². The van der Waals surface area contributed by atoms with Crippen molar-refractivity contribution < 1.29 is 8.78 Å². The number of piperidine rings is 1. The van der Waals surface area contributed by atoms with Gasteiger partial charge in [-0.2, -0.15) is 0 Å². The summed E-state index contributed by atoms with van der Waals surface area (Å²) in [5.74, 6) is -0.237. The molecule has 2 atom stereocenters. The summed E-state index contributed by atoms with van der Waals surface area (Å²) in [6.45, 7) is 3.60. The van der Waals surface area contributed by atoms with Gasteiger partial charge in [-0.05, 0) is 73.8 Å². The van der Waals surface area contributed by atoms with Crippen LogP contribution in [0.5, 0.6) is 0 Å². The van der Waals surface area contributed by atoms with E-state index in [1.54, 1.807) is 10.6 Å². The van der Waals surface area contributed by atoms with Crippen molar-refractivity contribution in [3.05, 3.63) is 80.9 Å². The second kappa shape index (κ2) is 8.55. The third-order valence-electron chi connectivity index (χ3n) is 6.51. The van der Waals surface area contributed by atoms with E-state index in [1.807, 2.05) is 29.8 Å². The van der Waals surface area contributed by atoms with E-state index in [2.05, 4.69) is 9.80 Å². The SMILES string of the molecule is O=c1sccn1CCCCN1CC[C@@H]2[C@@H](C1)c1cc(F)ccc1N2c1ccc(F)cc1. The molecule has 1 saturated heterocycles. The van der Waals surface area contributed by atoms with E-state index in [1.165, 1.54) is 29.5 Å². The van der Waals surface area contributed by atoms with Crippen molar-refractivity contribution >= 4 is 22.7 Å². The number of unbranched alkanes of at least 4 members (excludes halogenated alkanes) is 1. The highest BCUT2D eigenvalue weighted by Crippen LogP contribution is 2.48. The third kappa shape index (κ3) is 4.04. The van der Waals surface area contributed by atoms with Crippen LogP contribution in [0, 0.1) is 11.6 Å². The fraction of sp³-hybridized carbons (Fsp3) is 0.375. The summed E-state index contributed by atoms with van der Waals surface area (Å²) in [5, 5.41) is 1.83. The lowest BCUT2D eigenvalue weighted by Gasteiger charge is -2.39. The van der Waals surface area contributed by atoms with Crippen molar-refractivity contribution in [1.82, 2.24) is 9.47 Å². The largest absolute Gasteiger partial charge is 0.337 e. The van der Waals surface area contributed by atoms with E-state index >= 15 is 0 Å². The number of hydrogen-bond acceptors (Lipinski definition) is 4. The molecule has 1 fully saturated rings. The summed E-state index contributed by atoms with van der Waals surface area (Å²) >= 11 is 1.24. The molecular formula is C24H25F2N3OS. The normalized spacial score (nSPS) is 20.6. The highest BCUT2D eigenvalue weighted by Gasteiger charge is 2.42. The van der Waals surface area contributed by atoms with Crippen LogP contribution in [-0.2, 0) is 6.54 Å². The zero-order valence-electron chi connectivity index (χ0n) is 17.2. The molecule has 2 aliphatic heterocycles. The molecule has 162 valence electrons. The number of aromatic nitrogens is 1. The zero-order valence-corrected chi connectivity index (χ0v) is 18.0. The van der Waals surface area contributed by atoms with Crippen LogP contribution >= 0.6 is 11.3 Å². The van der Waals surface area contributed by atoms with Crippen molar-refractivity contribution in [2.45, 2.75) is 37.8 Å². The van der Waals surface area contributed by atoms with E-state index in [0.717, 1.165) is 62.4 Å². The van der Waals surface area contributed by atoms with Crippen molar-refractivity contribution in [2.75, 3.05) is 24.5 Å². The maximum absolute atomic E-state index is 14.1. The Bertz CT molecular complexity index is 1110. The lowest BCUT2D eigenvalue weighted by Crippen LogP contribution is -2.45. The van der Waals surface area contributed by atoms with Gasteiger partial charge in [-0.1, -0.05) is 11.3 Å². The Morgan fingerprint density at radius 2 is 1.77 bits per heavy atom. The number of halogens is 2. The summed E-state index contributed by atoms with van der Waals surface area (Å²) in [4.78, 5) is 16.5. The van der Waals surface area contributed by atoms with Crippen molar-refractivity contribution in [2.24, 2.45) is 0 Å². The summed E-state index contributed by atoms with van der Waals surface area (Å²) in [7, 11) is 0. The smallest absolute Gasteiger partial charge is 0.307 e. The van der Waals surface area contributed by atoms with Crippen LogP contribution in [0.4, 0.5) is 20.2 Å². The first-order valence-corrected chi connectivity index (χ1v) is 11.7. The lowest BCUT2D eigenvalue weighted by atomic mass is 9.89. The summed E-state index contributed by atoms with van der Waals surface area (Å²) in [5.41, 5.74) is 3.03. The first-order valence-electron chi connectivity index (χ1n) is 10.8. The summed E-state index contributed by atoms with van der Waals surface area (Å²) < 4.78 is 29.4. The molecule has 1 aromatic heterocycles. The Morgan fingerprint density at radius 3 is 2.55 bits per heavy atom. The summed E-state index contributed by atoms with van der Waals surface area (Å²) in [6.07, 6.45) is 4.82. The standard InChI is InChI=1S/C24H25F2N3OS/c25-17-3-6-19(7-4-17)29-22-8-5-18(26)15-20(22)21-16-27(12-9-23(21)29)10-1-2-11-28-13-14-31-24(28)30/h3-8,13-15,21,23H,1-2,9-12,16H2/t21-,23+/m0/s1. The van der Waals surface area contributed by atoms with Crippen molar-refractivity contribution in [1.29, 1.82) is 0 Å². The maximum Gasteiger partial charge on any atom is 0.307 e. The molecule has 3 aromatic rings. The van der Waals surface area contributed by atoms with Crippen molar-refractivity contribution in [3.63, 3.8) is 0 Å². The van der Waals surface area contributed by atoms with E-state index in [4.69, 9.17) is 0 Å². The molecule has 0 amide bonds. The zero-order chi connectivity index (χ0) is 21.4. The number of benzene rings is 2. The van der Waals surface area contributed by atoms with Crippen LogP contribution in [0.1, 0.15) is 30.7 Å². The highest BCUT2D eigenvalue weighted by atomic mass is 32.1. The summed E-state index contributed by atoms with van der Waals surface area (Å²) in [6, 6.07) is 11.9. The first-order chi connectivity index (χ1) is 15.1. The van der Waals surface area contributed by atoms with E-state index < -0.39 is 0 Å². The number of fused-ring (bicyclic) bond motifs is 3. The molecular weight excluding hydrogens is 416 g/mol. The molecule has 0 N–H and O–H groups in total. The minimum atomic E-state index is -0.252. The molecule has 0 aliphatic carbocycles. The van der Waals surface area contributed by atoms with Crippen LogP contribution in [-0.4, -0.2) is 35.1 Å². The Morgan fingerprint density at radius 1 is 1.00 bits per heavy atom. The van der Waals surface area contributed by atoms with E-state index in [0.29, 0.717) is 0 Å². The predicted octanol–water partition coefficient (Wildman–Crippen LogP) is 4.98. The van der Waals surface area contributed by atoms with Gasteiger partial charge < -0.3 is 14.4 Å². The molecule has 4 nitrogen and oxygen atoms in total. The topological polar surface area (TPSA) is 28.5 Å². The molecule has 0 saturated carbocycles. The second-order valence-corrected chi connectivity index (χ2v) is 9.24. The average molecular weight is 442 g/mol. The van der Waals surface area contributed by atoms with Gasteiger partial charge in [0.15, 0.2) is 0 Å². The molecule has 31 heavy (non-hydrogen) atoms. The van der Waals surface area contributed by atoms with Crippen molar-refractivity contribution in [3.8, 4) is 0 Å². The van der Waals surface area contributed by atoms with E-state index in [9.17, 15) is 13.6 Å². The minimum absolute atomic E-state index is 0.103. The number of rotatable bonds is 6. The van der Waals surface area contributed by atoms with Crippen LogP contribution in [0.2, 0.25) is 0 Å². The Balaban J connectivity index is 1.29. The number of thiazole rings is 1. The number of nitrogens with zero attached hydrogens (tertiary/aromatic N) is 3. The molecule has 2 aromatic carbocycles. The van der Waals surface area contributed by atoms with Gasteiger partial charge in [-0.25, -0.2) is 8.78 Å². The molecule has 5 rings (SSSR count). The minimum Gasteiger partial charge on any atom is -0.337 e. The average Bonchev–Trinajstić information content (AvgIpc) is 3.32. The van der Waals surface area contributed by atoms with Gasteiger partial charge in [-0.15, -0.1) is 0 Å². The molecule has 0 radical (unpaired) electrons. The number of aryl methyl sites for hydroxylation is 1. The lowest BCUT2D eigenvalue weighted by molar-refractivity contribution is 0.192. The molecule has 2 aliphatic rings. The third-order valence-corrected chi connectivity index (χ3v) is 7.21. The van der Waals surface area contributed by atoms with Crippen LogP contribution in [0.25, 0.3) is 0 Å². The molecule has 7 heteroatoms. The van der Waals surface area contributed by atoms with E-state index in [-0.39, 0.29) is 28.5 Å². The number of likely N-dealkylation sites (tertiary alicyclic amines) is 1. The van der Waals surface area contributed by atoms with Gasteiger partial charge in [0.1, 0.15) is 11.6 Å². The Kier molecular flexibility index (Phi) is 5.63.